The van der Waals surface area contributed by atoms with Crippen molar-refractivity contribution in [3.05, 3.63) is 59.7 Å². The monoisotopic (exact) mass is 351 g/mol. The Bertz CT molecular complexity index is 771. The van der Waals surface area contributed by atoms with Crippen LogP contribution < -0.4 is 0 Å². The number of ether oxygens (including phenoxy) is 1. The summed E-state index contributed by atoms with van der Waals surface area (Å²) in [4.78, 5) is 14.4. The van der Waals surface area contributed by atoms with E-state index in [1.54, 1.807) is 4.90 Å². The molecule has 1 aliphatic carbocycles. The van der Waals surface area contributed by atoms with Crippen LogP contribution in [-0.4, -0.2) is 41.4 Å². The van der Waals surface area contributed by atoms with Crippen molar-refractivity contribution >= 4 is 6.09 Å². The number of likely N-dealkylation sites (tertiary alicyclic amines) is 1. The highest BCUT2D eigenvalue weighted by Gasteiger charge is 2.39. The van der Waals surface area contributed by atoms with Gasteiger partial charge in [-0.1, -0.05) is 62.4 Å². The van der Waals surface area contributed by atoms with Gasteiger partial charge in [-0.25, -0.2) is 4.79 Å². The summed E-state index contributed by atoms with van der Waals surface area (Å²) in [6.45, 7) is 4.94. The Morgan fingerprint density at radius 2 is 1.69 bits per heavy atom. The van der Waals surface area contributed by atoms with Crippen molar-refractivity contribution in [2.45, 2.75) is 38.3 Å². The van der Waals surface area contributed by atoms with Gasteiger partial charge in [0.2, 0.25) is 0 Å². The molecule has 2 atom stereocenters. The molecule has 1 heterocycles. The molecule has 2 aliphatic rings. The van der Waals surface area contributed by atoms with Gasteiger partial charge in [-0.15, -0.1) is 0 Å². The van der Waals surface area contributed by atoms with Crippen LogP contribution in [0.15, 0.2) is 48.5 Å². The van der Waals surface area contributed by atoms with Crippen molar-refractivity contribution in [2.24, 2.45) is 5.92 Å². The number of hydrogen-bond acceptors (Lipinski definition) is 3. The van der Waals surface area contributed by atoms with Crippen LogP contribution in [0.2, 0.25) is 0 Å². The number of aliphatic hydroxyl groups excluding tert-OH is 1. The first-order valence-electron chi connectivity index (χ1n) is 9.37. The Hall–Kier alpha value is -2.33. The summed E-state index contributed by atoms with van der Waals surface area (Å²) < 4.78 is 5.73. The number of benzene rings is 2. The van der Waals surface area contributed by atoms with Crippen LogP contribution in [0.3, 0.4) is 0 Å². The van der Waals surface area contributed by atoms with Crippen LogP contribution >= 0.6 is 0 Å². The van der Waals surface area contributed by atoms with Gasteiger partial charge < -0.3 is 14.7 Å². The van der Waals surface area contributed by atoms with Gasteiger partial charge >= 0.3 is 6.09 Å². The molecule has 1 aliphatic heterocycles. The Morgan fingerprint density at radius 1 is 1.12 bits per heavy atom. The summed E-state index contributed by atoms with van der Waals surface area (Å²) in [6, 6.07) is 16.5. The largest absolute Gasteiger partial charge is 0.448 e. The molecule has 4 heteroatoms. The lowest BCUT2D eigenvalue weighted by Crippen LogP contribution is -2.43. The number of amides is 1. The van der Waals surface area contributed by atoms with E-state index in [2.05, 4.69) is 24.3 Å². The van der Waals surface area contributed by atoms with Gasteiger partial charge in [0.05, 0.1) is 12.1 Å². The molecule has 0 unspecified atom stereocenters. The molecule has 2 aromatic carbocycles. The minimum Gasteiger partial charge on any atom is -0.448 e. The second kappa shape index (κ2) is 6.76. The third-order valence-electron chi connectivity index (χ3n) is 5.67. The van der Waals surface area contributed by atoms with E-state index in [9.17, 15) is 9.90 Å². The molecule has 4 nitrogen and oxygen atoms in total. The van der Waals surface area contributed by atoms with Crippen molar-refractivity contribution in [3.63, 3.8) is 0 Å². The van der Waals surface area contributed by atoms with Gasteiger partial charge in [0.25, 0.3) is 0 Å². The Balaban J connectivity index is 1.52. The fraction of sp³-hybridized carbons (Fsp3) is 0.409. The van der Waals surface area contributed by atoms with E-state index in [0.29, 0.717) is 19.6 Å². The number of nitrogens with zero attached hydrogens (tertiary/aromatic N) is 1. The number of carbonyl (C=O) groups excluding carboxylic acids is 1. The molecule has 0 radical (unpaired) electrons. The molecule has 136 valence electrons. The zero-order valence-electron chi connectivity index (χ0n) is 15.3. The highest BCUT2D eigenvalue weighted by atomic mass is 16.6. The van der Waals surface area contributed by atoms with Crippen LogP contribution in [0.25, 0.3) is 11.1 Å². The zero-order valence-corrected chi connectivity index (χ0v) is 15.3. The van der Waals surface area contributed by atoms with Crippen LogP contribution in [0.4, 0.5) is 4.79 Å². The predicted octanol–water partition coefficient (Wildman–Crippen LogP) is 4.03. The zero-order chi connectivity index (χ0) is 18.3. The number of rotatable bonds is 3. The molecule has 0 bridgehead atoms. The standard InChI is InChI=1S/C22H25NO3/c1-14(2)21-20(24)11-12-23(21)22(25)26-13-19-17-9-5-3-7-15(17)16-8-4-6-10-18(16)19/h3-10,14,19-21,24H,11-13H2,1-2H3/t20-,21-/m1/s1. The van der Waals surface area contributed by atoms with E-state index >= 15 is 0 Å². The summed E-state index contributed by atoms with van der Waals surface area (Å²) in [5.41, 5.74) is 4.87. The molecule has 0 saturated carbocycles. The minimum absolute atomic E-state index is 0.0661. The first kappa shape index (κ1) is 17.1. The molecular weight excluding hydrogens is 326 g/mol. The number of carbonyl (C=O) groups is 1. The third kappa shape index (κ3) is 2.78. The van der Waals surface area contributed by atoms with Gasteiger partial charge in [0, 0.05) is 12.5 Å². The van der Waals surface area contributed by atoms with Crippen molar-refractivity contribution in [1.29, 1.82) is 0 Å². The first-order valence-corrected chi connectivity index (χ1v) is 9.37. The maximum atomic E-state index is 12.7. The quantitative estimate of drug-likeness (QED) is 0.908. The average Bonchev–Trinajstić information content (AvgIpc) is 3.18. The van der Waals surface area contributed by atoms with Gasteiger partial charge in [-0.05, 0) is 34.6 Å². The van der Waals surface area contributed by atoms with Crippen molar-refractivity contribution in [1.82, 2.24) is 4.90 Å². The molecule has 26 heavy (non-hydrogen) atoms. The van der Waals surface area contributed by atoms with Crippen molar-refractivity contribution in [3.8, 4) is 11.1 Å². The number of hydrogen-bond donors (Lipinski definition) is 1. The van der Waals surface area contributed by atoms with E-state index in [-0.39, 0.29) is 24.0 Å². The van der Waals surface area contributed by atoms with E-state index in [0.717, 1.165) is 0 Å². The van der Waals surface area contributed by atoms with Crippen LogP contribution in [0.1, 0.15) is 37.3 Å². The van der Waals surface area contributed by atoms with E-state index in [1.807, 2.05) is 38.1 Å². The molecule has 0 spiro atoms. The molecule has 1 amide bonds. The number of fused-ring (bicyclic) bond motifs is 3. The Morgan fingerprint density at radius 3 is 2.27 bits per heavy atom. The summed E-state index contributed by atoms with van der Waals surface area (Å²) in [5, 5.41) is 10.2. The Kier molecular flexibility index (Phi) is 4.45. The molecular formula is C22H25NO3. The first-order chi connectivity index (χ1) is 12.6. The maximum absolute atomic E-state index is 12.7. The van der Waals surface area contributed by atoms with Crippen molar-refractivity contribution < 1.29 is 14.6 Å². The SMILES string of the molecule is CC(C)[C@@H]1[C@H](O)CCN1C(=O)OCC1c2ccccc2-c2ccccc21. The van der Waals surface area contributed by atoms with Crippen LogP contribution in [0, 0.1) is 5.92 Å². The van der Waals surface area contributed by atoms with E-state index in [4.69, 9.17) is 4.74 Å². The molecule has 0 aromatic heterocycles. The maximum Gasteiger partial charge on any atom is 0.410 e. The van der Waals surface area contributed by atoms with Crippen molar-refractivity contribution in [2.75, 3.05) is 13.2 Å². The summed E-state index contributed by atoms with van der Waals surface area (Å²) in [6.07, 6.45) is -0.162. The van der Waals surface area contributed by atoms with Crippen LogP contribution in [-0.2, 0) is 4.74 Å². The molecule has 1 N–H and O–H groups in total. The highest BCUT2D eigenvalue weighted by molar-refractivity contribution is 5.79. The molecule has 2 aromatic rings. The lowest BCUT2D eigenvalue weighted by molar-refractivity contribution is 0.0589. The minimum atomic E-state index is -0.463. The predicted molar refractivity (Wildman–Crippen MR) is 101 cm³/mol. The second-order valence-corrected chi connectivity index (χ2v) is 7.59. The number of aliphatic hydroxyl groups is 1. The summed E-state index contributed by atoms with van der Waals surface area (Å²) in [5.74, 6) is 0.268. The lowest BCUT2D eigenvalue weighted by atomic mass is 9.98. The van der Waals surface area contributed by atoms with Crippen LogP contribution in [0.5, 0.6) is 0 Å². The normalized spacial score (nSPS) is 21.8. The lowest BCUT2D eigenvalue weighted by Gasteiger charge is -2.29. The molecule has 1 fully saturated rings. The van der Waals surface area contributed by atoms with Gasteiger partial charge in [-0.2, -0.15) is 0 Å². The average molecular weight is 351 g/mol. The topological polar surface area (TPSA) is 49.8 Å². The van der Waals surface area contributed by atoms with Gasteiger partial charge in [0.15, 0.2) is 0 Å². The fourth-order valence-corrected chi connectivity index (χ4v) is 4.49. The fourth-order valence-electron chi connectivity index (χ4n) is 4.49. The highest BCUT2D eigenvalue weighted by Crippen LogP contribution is 2.44. The second-order valence-electron chi connectivity index (χ2n) is 7.59. The molecule has 1 saturated heterocycles. The summed E-state index contributed by atoms with van der Waals surface area (Å²) in [7, 11) is 0. The third-order valence-corrected chi connectivity index (χ3v) is 5.67. The van der Waals surface area contributed by atoms with E-state index in [1.165, 1.54) is 22.3 Å². The van der Waals surface area contributed by atoms with Gasteiger partial charge in [0.1, 0.15) is 6.61 Å². The summed E-state index contributed by atoms with van der Waals surface area (Å²) >= 11 is 0. The Labute approximate surface area is 154 Å². The van der Waals surface area contributed by atoms with Gasteiger partial charge in [-0.3, -0.25) is 0 Å². The van der Waals surface area contributed by atoms with E-state index < -0.39 is 6.10 Å². The molecule has 4 rings (SSSR count). The smallest absolute Gasteiger partial charge is 0.410 e.